The molecule has 0 aliphatic heterocycles. The molecule has 84 valence electrons. The van der Waals surface area contributed by atoms with Crippen molar-refractivity contribution in [2.45, 2.75) is 20.0 Å². The van der Waals surface area contributed by atoms with Crippen LogP contribution in [0.15, 0.2) is 18.2 Å². The molecular weight excluding hydrogens is 192 g/mol. The normalized spacial score (nSPS) is 10.3. The van der Waals surface area contributed by atoms with Crippen molar-refractivity contribution in [2.24, 2.45) is 0 Å². The molecule has 3 heteroatoms. The van der Waals surface area contributed by atoms with Gasteiger partial charge in [-0.05, 0) is 12.0 Å². The van der Waals surface area contributed by atoms with E-state index in [1.165, 1.54) is 0 Å². The molecule has 1 rings (SSSR count). The van der Waals surface area contributed by atoms with E-state index in [0.29, 0.717) is 13.2 Å². The van der Waals surface area contributed by atoms with Crippen LogP contribution in [0.25, 0.3) is 0 Å². The van der Waals surface area contributed by atoms with E-state index in [2.05, 4.69) is 6.92 Å². The Morgan fingerprint density at radius 1 is 1.20 bits per heavy atom. The third kappa shape index (κ3) is 3.22. The zero-order valence-corrected chi connectivity index (χ0v) is 9.32. The van der Waals surface area contributed by atoms with Crippen LogP contribution in [0.2, 0.25) is 0 Å². The van der Waals surface area contributed by atoms with Crippen LogP contribution < -0.4 is 4.74 Å². The fourth-order valence-corrected chi connectivity index (χ4v) is 1.45. The van der Waals surface area contributed by atoms with Crippen LogP contribution >= 0.6 is 0 Å². The van der Waals surface area contributed by atoms with Gasteiger partial charge in [-0.25, -0.2) is 0 Å². The second kappa shape index (κ2) is 6.43. The van der Waals surface area contributed by atoms with Crippen molar-refractivity contribution in [3.05, 3.63) is 29.3 Å². The lowest BCUT2D eigenvalue weighted by Crippen LogP contribution is -2.07. The number of benzene rings is 1. The topological polar surface area (TPSA) is 38.7 Å². The quantitative estimate of drug-likeness (QED) is 0.727. The summed E-state index contributed by atoms with van der Waals surface area (Å²) in [6.07, 6.45) is 0.899. The zero-order valence-electron chi connectivity index (χ0n) is 9.32. The first kappa shape index (κ1) is 12.0. The largest absolute Gasteiger partial charge is 0.491 e. The van der Waals surface area contributed by atoms with Crippen LogP contribution in [0.1, 0.15) is 18.1 Å². The summed E-state index contributed by atoms with van der Waals surface area (Å²) in [5, 5.41) is 9.18. The maximum absolute atomic E-state index is 9.18. The Morgan fingerprint density at radius 2 is 1.93 bits per heavy atom. The van der Waals surface area contributed by atoms with Crippen LogP contribution in [0.5, 0.6) is 5.75 Å². The molecule has 0 saturated heterocycles. The molecule has 0 aromatic heterocycles. The molecule has 15 heavy (non-hydrogen) atoms. The number of aliphatic hydroxyl groups is 1. The van der Waals surface area contributed by atoms with Crippen LogP contribution in [-0.2, 0) is 17.8 Å². The second-order valence-electron chi connectivity index (χ2n) is 3.26. The average molecular weight is 210 g/mol. The first-order chi connectivity index (χ1) is 7.33. The van der Waals surface area contributed by atoms with E-state index in [-0.39, 0.29) is 6.61 Å². The number of rotatable bonds is 6. The highest BCUT2D eigenvalue weighted by Gasteiger charge is 2.07. The zero-order chi connectivity index (χ0) is 11.1. The van der Waals surface area contributed by atoms with Gasteiger partial charge in [-0.1, -0.05) is 25.1 Å². The number of aryl methyl sites for hydroxylation is 1. The maximum Gasteiger partial charge on any atom is 0.128 e. The van der Waals surface area contributed by atoms with Gasteiger partial charge in [0.15, 0.2) is 0 Å². The third-order valence-corrected chi connectivity index (χ3v) is 2.26. The fraction of sp³-hybridized carbons (Fsp3) is 0.500. The van der Waals surface area contributed by atoms with E-state index < -0.39 is 0 Å². The number of ether oxygens (including phenoxy) is 2. The summed E-state index contributed by atoms with van der Waals surface area (Å²) in [5.41, 5.74) is 1.96. The summed E-state index contributed by atoms with van der Waals surface area (Å²) in [4.78, 5) is 0. The van der Waals surface area contributed by atoms with Crippen LogP contribution in [-0.4, -0.2) is 25.4 Å². The lowest BCUT2D eigenvalue weighted by molar-refractivity contribution is 0.143. The van der Waals surface area contributed by atoms with Crippen molar-refractivity contribution in [2.75, 3.05) is 20.3 Å². The van der Waals surface area contributed by atoms with Gasteiger partial charge >= 0.3 is 0 Å². The van der Waals surface area contributed by atoms with Crippen molar-refractivity contribution in [1.82, 2.24) is 0 Å². The van der Waals surface area contributed by atoms with Gasteiger partial charge in [-0.15, -0.1) is 0 Å². The molecule has 0 unspecified atom stereocenters. The predicted molar refractivity (Wildman–Crippen MR) is 59.1 cm³/mol. The van der Waals surface area contributed by atoms with E-state index in [1.807, 2.05) is 18.2 Å². The molecule has 0 amide bonds. The summed E-state index contributed by atoms with van der Waals surface area (Å²) in [6, 6.07) is 5.83. The van der Waals surface area contributed by atoms with Gasteiger partial charge in [0.05, 0.1) is 13.2 Å². The van der Waals surface area contributed by atoms with Crippen molar-refractivity contribution in [3.8, 4) is 5.75 Å². The second-order valence-corrected chi connectivity index (χ2v) is 3.26. The molecule has 0 aliphatic carbocycles. The maximum atomic E-state index is 9.18. The van der Waals surface area contributed by atoms with Gasteiger partial charge in [0.25, 0.3) is 0 Å². The Kier molecular flexibility index (Phi) is 5.15. The molecule has 0 heterocycles. The minimum Gasteiger partial charge on any atom is -0.491 e. The molecule has 3 nitrogen and oxygen atoms in total. The van der Waals surface area contributed by atoms with E-state index in [0.717, 1.165) is 23.3 Å². The standard InChI is InChI=1S/C12H18O3/c1-3-10-5-4-6-11(9-13)12(10)15-8-7-14-2/h4-6,13H,3,7-9H2,1-2H3. The molecule has 1 aromatic rings. The lowest BCUT2D eigenvalue weighted by Gasteiger charge is -2.13. The number of methoxy groups -OCH3 is 1. The van der Waals surface area contributed by atoms with Crippen LogP contribution in [0, 0.1) is 0 Å². The Labute approximate surface area is 90.6 Å². The molecule has 1 N–H and O–H groups in total. The molecule has 1 aromatic carbocycles. The van der Waals surface area contributed by atoms with E-state index in [1.54, 1.807) is 7.11 Å². The molecule has 0 fully saturated rings. The molecule has 0 spiro atoms. The smallest absolute Gasteiger partial charge is 0.128 e. The van der Waals surface area contributed by atoms with Gasteiger partial charge in [0.1, 0.15) is 12.4 Å². The van der Waals surface area contributed by atoms with Crippen molar-refractivity contribution in [3.63, 3.8) is 0 Å². The summed E-state index contributed by atoms with van der Waals surface area (Å²) >= 11 is 0. The molecule has 0 bridgehead atoms. The van der Waals surface area contributed by atoms with Crippen molar-refractivity contribution >= 4 is 0 Å². The highest BCUT2D eigenvalue weighted by Crippen LogP contribution is 2.24. The SMILES string of the molecule is CCc1cccc(CO)c1OCCOC. The van der Waals surface area contributed by atoms with Gasteiger partial charge in [0, 0.05) is 12.7 Å². The minimum atomic E-state index is 0.0101. The van der Waals surface area contributed by atoms with Crippen LogP contribution in [0.3, 0.4) is 0 Å². The Balaban J connectivity index is 2.80. The van der Waals surface area contributed by atoms with Crippen molar-refractivity contribution < 1.29 is 14.6 Å². The third-order valence-electron chi connectivity index (χ3n) is 2.26. The van der Waals surface area contributed by atoms with Gasteiger partial charge in [0.2, 0.25) is 0 Å². The number of hydrogen-bond acceptors (Lipinski definition) is 3. The minimum absolute atomic E-state index is 0.0101. The highest BCUT2D eigenvalue weighted by atomic mass is 16.5. The van der Waals surface area contributed by atoms with E-state index >= 15 is 0 Å². The highest BCUT2D eigenvalue weighted by molar-refractivity contribution is 5.41. The summed E-state index contributed by atoms with van der Waals surface area (Å²) in [7, 11) is 1.64. The Bertz CT molecular complexity index is 275. The number of para-hydroxylation sites is 1. The van der Waals surface area contributed by atoms with Gasteiger partial charge < -0.3 is 14.6 Å². The average Bonchev–Trinajstić information content (AvgIpc) is 2.29. The fourth-order valence-electron chi connectivity index (χ4n) is 1.45. The van der Waals surface area contributed by atoms with E-state index in [9.17, 15) is 5.11 Å². The monoisotopic (exact) mass is 210 g/mol. The predicted octanol–water partition coefficient (Wildman–Crippen LogP) is 1.77. The molecule has 0 aliphatic rings. The van der Waals surface area contributed by atoms with Crippen LogP contribution in [0.4, 0.5) is 0 Å². The molecule has 0 saturated carbocycles. The number of aliphatic hydroxyl groups excluding tert-OH is 1. The summed E-state index contributed by atoms with van der Waals surface area (Å²) < 4.78 is 10.5. The Hall–Kier alpha value is -1.06. The summed E-state index contributed by atoms with van der Waals surface area (Å²) in [5.74, 6) is 0.805. The number of hydrogen-bond donors (Lipinski definition) is 1. The summed E-state index contributed by atoms with van der Waals surface area (Å²) in [6.45, 7) is 3.15. The van der Waals surface area contributed by atoms with E-state index in [4.69, 9.17) is 9.47 Å². The lowest BCUT2D eigenvalue weighted by atomic mass is 10.1. The van der Waals surface area contributed by atoms with Gasteiger partial charge in [-0.2, -0.15) is 0 Å². The first-order valence-electron chi connectivity index (χ1n) is 5.16. The van der Waals surface area contributed by atoms with Gasteiger partial charge in [-0.3, -0.25) is 0 Å². The molecule has 0 atom stereocenters. The van der Waals surface area contributed by atoms with Crippen molar-refractivity contribution in [1.29, 1.82) is 0 Å². The first-order valence-corrected chi connectivity index (χ1v) is 5.16. The molecule has 0 radical (unpaired) electrons. The Morgan fingerprint density at radius 3 is 2.53 bits per heavy atom. The molecular formula is C12H18O3.